The smallest absolute Gasteiger partial charge is 0.240 e. The van der Waals surface area contributed by atoms with Gasteiger partial charge in [0.25, 0.3) is 0 Å². The number of nitrogens with two attached hydrogens (primary N) is 1. The summed E-state index contributed by atoms with van der Waals surface area (Å²) in [6.07, 6.45) is 0. The van der Waals surface area contributed by atoms with Crippen LogP contribution in [-0.4, -0.2) is 28.2 Å². The van der Waals surface area contributed by atoms with E-state index in [1.807, 2.05) is 18.4 Å². The Balaban J connectivity index is 2.27. The van der Waals surface area contributed by atoms with E-state index >= 15 is 0 Å². The first-order chi connectivity index (χ1) is 8.24. The van der Waals surface area contributed by atoms with Crippen molar-refractivity contribution in [2.75, 3.05) is 23.9 Å². The summed E-state index contributed by atoms with van der Waals surface area (Å²) < 4.78 is 0. The molecule has 0 radical (unpaired) electrons. The molecule has 0 aliphatic heterocycles. The van der Waals surface area contributed by atoms with E-state index in [2.05, 4.69) is 20.7 Å². The van der Waals surface area contributed by atoms with Crippen molar-refractivity contribution in [3.8, 4) is 0 Å². The normalized spacial score (nSPS) is 12.6. The number of aromatic nitrogens is 2. The molecule has 17 heavy (non-hydrogen) atoms. The van der Waals surface area contributed by atoms with Crippen molar-refractivity contribution in [2.24, 2.45) is 11.8 Å². The van der Waals surface area contributed by atoms with E-state index in [4.69, 9.17) is 10.9 Å². The van der Waals surface area contributed by atoms with Gasteiger partial charge >= 0.3 is 0 Å². The molecule has 0 spiro atoms. The first-order valence-corrected chi connectivity index (χ1v) is 6.19. The molecule has 2 rings (SSSR count). The molecule has 0 aliphatic rings. The number of aliphatic hydroxyl groups is 1. The van der Waals surface area contributed by atoms with Crippen molar-refractivity contribution in [2.45, 2.75) is 6.92 Å². The first kappa shape index (κ1) is 12.0. The van der Waals surface area contributed by atoms with E-state index < -0.39 is 0 Å². The van der Waals surface area contributed by atoms with Crippen LogP contribution < -0.4 is 16.6 Å². The standard InChI is InChI=1S/C10H15N5OS/c1-6(5-16)4-12-8-7-2-3-17-9(7)14-10(13-8)15-11/h2-3,6,16H,4-5,11H2,1H3,(H2,12,13,14,15). The van der Waals surface area contributed by atoms with Crippen LogP contribution in [0.4, 0.5) is 11.8 Å². The molecule has 2 aromatic heterocycles. The third kappa shape index (κ3) is 2.63. The largest absolute Gasteiger partial charge is 0.396 e. The van der Waals surface area contributed by atoms with E-state index in [1.54, 1.807) is 0 Å². The van der Waals surface area contributed by atoms with Gasteiger partial charge < -0.3 is 10.4 Å². The number of nitrogens with zero attached hydrogens (tertiary/aromatic N) is 2. The molecular formula is C10H15N5OS. The topological polar surface area (TPSA) is 96.1 Å². The third-order valence-corrected chi connectivity index (χ3v) is 3.19. The number of aliphatic hydroxyl groups excluding tert-OH is 1. The van der Waals surface area contributed by atoms with E-state index in [9.17, 15) is 0 Å². The second-order valence-electron chi connectivity index (χ2n) is 3.85. The van der Waals surface area contributed by atoms with Gasteiger partial charge in [-0.05, 0) is 17.4 Å². The van der Waals surface area contributed by atoms with Crippen LogP contribution in [0.1, 0.15) is 6.92 Å². The number of hydrazine groups is 1. The maximum absolute atomic E-state index is 8.98. The quantitative estimate of drug-likeness (QED) is 0.469. The van der Waals surface area contributed by atoms with Crippen LogP contribution >= 0.6 is 11.3 Å². The van der Waals surface area contributed by atoms with Gasteiger partial charge in [0.1, 0.15) is 10.6 Å². The van der Waals surface area contributed by atoms with Crippen molar-refractivity contribution < 1.29 is 5.11 Å². The highest BCUT2D eigenvalue weighted by atomic mass is 32.1. The summed E-state index contributed by atoms with van der Waals surface area (Å²) in [6.45, 7) is 2.76. The van der Waals surface area contributed by atoms with Crippen LogP contribution in [-0.2, 0) is 0 Å². The monoisotopic (exact) mass is 253 g/mol. The molecule has 0 aromatic carbocycles. The fourth-order valence-electron chi connectivity index (χ4n) is 1.39. The zero-order valence-electron chi connectivity index (χ0n) is 9.47. The molecule has 7 heteroatoms. The van der Waals surface area contributed by atoms with Crippen molar-refractivity contribution in [1.29, 1.82) is 0 Å². The fraction of sp³-hybridized carbons (Fsp3) is 0.400. The van der Waals surface area contributed by atoms with E-state index in [0.29, 0.717) is 12.5 Å². The highest BCUT2D eigenvalue weighted by Crippen LogP contribution is 2.26. The van der Waals surface area contributed by atoms with E-state index in [0.717, 1.165) is 16.0 Å². The molecule has 0 saturated heterocycles. The number of thiophene rings is 1. The molecule has 0 amide bonds. The zero-order valence-corrected chi connectivity index (χ0v) is 10.3. The van der Waals surface area contributed by atoms with Crippen molar-refractivity contribution in [3.63, 3.8) is 0 Å². The lowest BCUT2D eigenvalue weighted by atomic mass is 10.2. The number of nitrogen functional groups attached to an aromatic ring is 1. The number of fused-ring (bicyclic) bond motifs is 1. The number of nitrogens with one attached hydrogen (secondary N) is 2. The maximum Gasteiger partial charge on any atom is 0.240 e. The molecule has 0 fully saturated rings. The lowest BCUT2D eigenvalue weighted by Crippen LogP contribution is -2.17. The van der Waals surface area contributed by atoms with Crippen molar-refractivity contribution in [1.82, 2.24) is 9.97 Å². The molecule has 1 atom stereocenters. The van der Waals surface area contributed by atoms with Gasteiger partial charge in [0.15, 0.2) is 0 Å². The van der Waals surface area contributed by atoms with Gasteiger partial charge in [0, 0.05) is 13.2 Å². The van der Waals surface area contributed by atoms with Crippen LogP contribution in [0.2, 0.25) is 0 Å². The van der Waals surface area contributed by atoms with Gasteiger partial charge in [-0.15, -0.1) is 11.3 Å². The Hall–Kier alpha value is -1.44. The molecule has 6 nitrogen and oxygen atoms in total. The molecule has 2 heterocycles. The lowest BCUT2D eigenvalue weighted by molar-refractivity contribution is 0.244. The van der Waals surface area contributed by atoms with Crippen molar-refractivity contribution in [3.05, 3.63) is 11.4 Å². The molecule has 0 aliphatic carbocycles. The minimum Gasteiger partial charge on any atom is -0.396 e. The Bertz CT molecular complexity index is 500. The Morgan fingerprint density at radius 1 is 1.53 bits per heavy atom. The van der Waals surface area contributed by atoms with Gasteiger partial charge in [-0.1, -0.05) is 6.92 Å². The predicted molar refractivity (Wildman–Crippen MR) is 70.0 cm³/mol. The summed E-state index contributed by atoms with van der Waals surface area (Å²) >= 11 is 1.53. The Morgan fingerprint density at radius 3 is 3.06 bits per heavy atom. The number of hydrogen-bond acceptors (Lipinski definition) is 7. The summed E-state index contributed by atoms with van der Waals surface area (Å²) in [5, 5.41) is 15.1. The minimum atomic E-state index is 0.146. The molecule has 1 unspecified atom stereocenters. The van der Waals surface area contributed by atoms with Gasteiger partial charge in [0.05, 0.1) is 5.39 Å². The lowest BCUT2D eigenvalue weighted by Gasteiger charge is -2.11. The Labute approximate surface area is 103 Å². The number of rotatable bonds is 5. The maximum atomic E-state index is 8.98. The summed E-state index contributed by atoms with van der Waals surface area (Å²) in [4.78, 5) is 9.39. The summed E-state index contributed by atoms with van der Waals surface area (Å²) in [5.74, 6) is 6.62. The fourth-order valence-corrected chi connectivity index (χ4v) is 2.15. The van der Waals surface area contributed by atoms with Crippen LogP contribution in [0.5, 0.6) is 0 Å². The number of hydrogen-bond donors (Lipinski definition) is 4. The average Bonchev–Trinajstić information content (AvgIpc) is 2.83. The van der Waals surface area contributed by atoms with Gasteiger partial charge in [0.2, 0.25) is 5.95 Å². The van der Waals surface area contributed by atoms with Crippen LogP contribution in [0.15, 0.2) is 11.4 Å². The SMILES string of the molecule is CC(CO)CNc1nc(NN)nc2sccc12. The number of anilines is 2. The van der Waals surface area contributed by atoms with Gasteiger partial charge in [-0.3, -0.25) is 5.43 Å². The average molecular weight is 253 g/mol. The Morgan fingerprint density at radius 2 is 2.35 bits per heavy atom. The first-order valence-electron chi connectivity index (χ1n) is 5.31. The summed E-state index contributed by atoms with van der Waals surface area (Å²) in [7, 11) is 0. The molecule has 2 aromatic rings. The molecule has 0 bridgehead atoms. The highest BCUT2D eigenvalue weighted by Gasteiger charge is 2.09. The van der Waals surface area contributed by atoms with E-state index in [1.165, 1.54) is 11.3 Å². The summed E-state index contributed by atoms with van der Waals surface area (Å²) in [5.41, 5.74) is 2.45. The van der Waals surface area contributed by atoms with Gasteiger partial charge in [-0.2, -0.15) is 4.98 Å². The molecular weight excluding hydrogens is 238 g/mol. The molecule has 92 valence electrons. The zero-order chi connectivity index (χ0) is 12.3. The third-order valence-electron chi connectivity index (χ3n) is 2.38. The highest BCUT2D eigenvalue weighted by molar-refractivity contribution is 7.16. The summed E-state index contributed by atoms with van der Waals surface area (Å²) in [6, 6.07) is 1.96. The van der Waals surface area contributed by atoms with Crippen molar-refractivity contribution >= 4 is 33.3 Å². The second-order valence-corrected chi connectivity index (χ2v) is 4.74. The van der Waals surface area contributed by atoms with Crippen LogP contribution in [0, 0.1) is 5.92 Å². The Kier molecular flexibility index (Phi) is 3.72. The van der Waals surface area contributed by atoms with Crippen LogP contribution in [0.3, 0.4) is 0 Å². The minimum absolute atomic E-state index is 0.146. The molecule has 0 saturated carbocycles. The van der Waals surface area contributed by atoms with E-state index in [-0.39, 0.29) is 12.5 Å². The van der Waals surface area contributed by atoms with Crippen LogP contribution in [0.25, 0.3) is 10.2 Å². The van der Waals surface area contributed by atoms with Gasteiger partial charge in [-0.25, -0.2) is 10.8 Å². The molecule has 5 N–H and O–H groups in total. The predicted octanol–water partition coefficient (Wildman–Crippen LogP) is 1.02. The second kappa shape index (κ2) is 5.26.